The van der Waals surface area contributed by atoms with Gasteiger partial charge in [-0.25, -0.2) is 4.79 Å². The number of alkyl carbamates (subject to hydrolysis) is 1. The highest BCUT2D eigenvalue weighted by atomic mass is 16.6. The topological polar surface area (TPSA) is 84.9 Å². The summed E-state index contributed by atoms with van der Waals surface area (Å²) in [5.74, 6) is -0.234. The summed E-state index contributed by atoms with van der Waals surface area (Å²) in [7, 11) is 0. The van der Waals surface area contributed by atoms with E-state index in [2.05, 4.69) is 5.32 Å². The molecule has 26 heavy (non-hydrogen) atoms. The first-order chi connectivity index (χ1) is 11.8. The van der Waals surface area contributed by atoms with Gasteiger partial charge in [0.15, 0.2) is 0 Å². The van der Waals surface area contributed by atoms with E-state index < -0.39 is 23.4 Å². The maximum Gasteiger partial charge on any atom is 0.407 e. The second kappa shape index (κ2) is 7.37. The summed E-state index contributed by atoms with van der Waals surface area (Å²) in [6, 6.07) is -0.119. The van der Waals surface area contributed by atoms with Gasteiger partial charge in [-0.15, -0.1) is 0 Å². The van der Waals surface area contributed by atoms with Crippen molar-refractivity contribution in [2.45, 2.75) is 103 Å². The molecule has 2 rings (SSSR count). The number of esters is 1. The Kier molecular flexibility index (Phi) is 5.96. The smallest absolute Gasteiger partial charge is 0.407 e. The fourth-order valence-corrected chi connectivity index (χ4v) is 4.24. The molecule has 1 spiro atoms. The molecule has 1 amide bonds. The van der Waals surface area contributed by atoms with Gasteiger partial charge in [0.05, 0.1) is 12.0 Å². The van der Waals surface area contributed by atoms with Crippen LogP contribution in [0.15, 0.2) is 0 Å². The molecule has 2 unspecified atom stereocenters. The first kappa shape index (κ1) is 21.0. The maximum absolute atomic E-state index is 12.3. The van der Waals surface area contributed by atoms with Crippen molar-refractivity contribution in [1.82, 2.24) is 5.32 Å². The predicted octanol–water partition coefficient (Wildman–Crippen LogP) is 3.55. The summed E-state index contributed by atoms with van der Waals surface area (Å²) >= 11 is 0. The van der Waals surface area contributed by atoms with E-state index >= 15 is 0 Å². The van der Waals surface area contributed by atoms with Crippen molar-refractivity contribution in [3.63, 3.8) is 0 Å². The van der Waals surface area contributed by atoms with Crippen molar-refractivity contribution in [3.05, 3.63) is 0 Å². The molecule has 2 aliphatic rings. The minimum absolute atomic E-state index is 0.0974. The lowest BCUT2D eigenvalue weighted by Crippen LogP contribution is -2.48. The van der Waals surface area contributed by atoms with E-state index in [4.69, 9.17) is 9.47 Å². The van der Waals surface area contributed by atoms with Crippen molar-refractivity contribution in [2.24, 2.45) is 11.3 Å². The number of aliphatic hydroxyl groups excluding tert-OH is 1. The molecule has 2 N–H and O–H groups in total. The summed E-state index contributed by atoms with van der Waals surface area (Å²) < 4.78 is 10.9. The van der Waals surface area contributed by atoms with Gasteiger partial charge in [-0.05, 0) is 85.5 Å². The lowest BCUT2D eigenvalue weighted by Gasteiger charge is -2.41. The van der Waals surface area contributed by atoms with E-state index in [1.807, 2.05) is 41.5 Å². The summed E-state index contributed by atoms with van der Waals surface area (Å²) in [5.41, 5.74) is -1.19. The van der Waals surface area contributed by atoms with Gasteiger partial charge in [-0.2, -0.15) is 0 Å². The molecule has 2 aliphatic carbocycles. The van der Waals surface area contributed by atoms with Crippen LogP contribution in [0.25, 0.3) is 0 Å². The molecular formula is C20H35NO5. The fourth-order valence-electron chi connectivity index (χ4n) is 4.24. The van der Waals surface area contributed by atoms with E-state index in [-0.39, 0.29) is 23.3 Å². The van der Waals surface area contributed by atoms with Crippen LogP contribution in [0, 0.1) is 11.3 Å². The molecule has 6 nitrogen and oxygen atoms in total. The molecule has 2 atom stereocenters. The molecule has 0 aromatic carbocycles. The van der Waals surface area contributed by atoms with Crippen LogP contribution in [0.2, 0.25) is 0 Å². The monoisotopic (exact) mass is 369 g/mol. The summed E-state index contributed by atoms with van der Waals surface area (Å²) in [6.45, 7) is 11.1. The zero-order valence-electron chi connectivity index (χ0n) is 17.1. The number of aliphatic hydroxyl groups is 1. The lowest BCUT2D eigenvalue weighted by atomic mass is 9.67. The van der Waals surface area contributed by atoms with Gasteiger partial charge in [-0.3, -0.25) is 4.79 Å². The Bertz CT molecular complexity index is 523. The van der Waals surface area contributed by atoms with Gasteiger partial charge in [-0.1, -0.05) is 0 Å². The van der Waals surface area contributed by atoms with Crippen molar-refractivity contribution in [2.75, 3.05) is 0 Å². The molecule has 0 aliphatic heterocycles. The van der Waals surface area contributed by atoms with Gasteiger partial charge in [0.25, 0.3) is 0 Å². The largest absolute Gasteiger partial charge is 0.460 e. The summed E-state index contributed by atoms with van der Waals surface area (Å²) in [5, 5.41) is 13.2. The number of amides is 1. The van der Waals surface area contributed by atoms with Crippen LogP contribution >= 0.6 is 0 Å². The third-order valence-corrected chi connectivity index (χ3v) is 5.30. The number of hydrogen-bond acceptors (Lipinski definition) is 5. The Labute approximate surface area is 157 Å². The van der Waals surface area contributed by atoms with Crippen LogP contribution < -0.4 is 5.32 Å². The standard InChI is InChI=1S/C20H35NO5/c1-18(2,3)25-16(23)13-7-9-20(10-8-13)12-14(22)11-15(20)21-17(24)26-19(4,5)6/h13-15,22H,7-12H2,1-6H3,(H,21,24). The van der Waals surface area contributed by atoms with E-state index in [0.29, 0.717) is 12.8 Å². The van der Waals surface area contributed by atoms with Gasteiger partial charge >= 0.3 is 12.1 Å². The van der Waals surface area contributed by atoms with Crippen molar-refractivity contribution in [1.29, 1.82) is 0 Å². The number of hydrogen-bond donors (Lipinski definition) is 2. The lowest BCUT2D eigenvalue weighted by molar-refractivity contribution is -0.162. The summed E-state index contributed by atoms with van der Waals surface area (Å²) in [6.07, 6.45) is 3.40. The average molecular weight is 370 g/mol. The van der Waals surface area contributed by atoms with Gasteiger partial charge < -0.3 is 19.9 Å². The van der Waals surface area contributed by atoms with Crippen molar-refractivity contribution < 1.29 is 24.2 Å². The van der Waals surface area contributed by atoms with Crippen LogP contribution in [0.5, 0.6) is 0 Å². The zero-order chi connectivity index (χ0) is 19.8. The van der Waals surface area contributed by atoms with Crippen molar-refractivity contribution >= 4 is 12.1 Å². The number of ether oxygens (including phenoxy) is 2. The van der Waals surface area contributed by atoms with Crippen molar-refractivity contribution in [3.8, 4) is 0 Å². The van der Waals surface area contributed by atoms with E-state index in [0.717, 1.165) is 25.7 Å². The van der Waals surface area contributed by atoms with Crippen LogP contribution in [0.3, 0.4) is 0 Å². The molecule has 6 heteroatoms. The van der Waals surface area contributed by atoms with Gasteiger partial charge in [0.2, 0.25) is 0 Å². The quantitative estimate of drug-likeness (QED) is 0.727. The molecule has 0 heterocycles. The third-order valence-electron chi connectivity index (χ3n) is 5.30. The van der Waals surface area contributed by atoms with E-state index in [1.54, 1.807) is 0 Å². The molecule has 2 saturated carbocycles. The molecule has 0 bridgehead atoms. The van der Waals surface area contributed by atoms with Crippen LogP contribution in [0.1, 0.15) is 80.1 Å². The Balaban J connectivity index is 1.98. The first-order valence-electron chi connectivity index (χ1n) is 9.70. The van der Waals surface area contributed by atoms with Crippen LogP contribution in [-0.4, -0.2) is 40.5 Å². The number of carbonyl (C=O) groups is 2. The summed E-state index contributed by atoms with van der Waals surface area (Å²) in [4.78, 5) is 24.5. The molecule has 0 aromatic rings. The Morgan fingerprint density at radius 3 is 2.04 bits per heavy atom. The highest BCUT2D eigenvalue weighted by molar-refractivity contribution is 5.73. The maximum atomic E-state index is 12.3. The Morgan fingerprint density at radius 2 is 1.54 bits per heavy atom. The highest BCUT2D eigenvalue weighted by Crippen LogP contribution is 2.50. The molecule has 0 saturated heterocycles. The fraction of sp³-hybridized carbons (Fsp3) is 0.900. The zero-order valence-corrected chi connectivity index (χ0v) is 17.1. The first-order valence-corrected chi connectivity index (χ1v) is 9.70. The van der Waals surface area contributed by atoms with E-state index in [9.17, 15) is 14.7 Å². The van der Waals surface area contributed by atoms with Crippen LogP contribution in [-0.2, 0) is 14.3 Å². The predicted molar refractivity (Wildman–Crippen MR) is 98.6 cm³/mol. The minimum atomic E-state index is -0.553. The number of rotatable bonds is 2. The van der Waals surface area contributed by atoms with Gasteiger partial charge in [0, 0.05) is 6.04 Å². The third kappa shape index (κ3) is 5.60. The second-order valence-corrected chi connectivity index (χ2v) is 9.96. The van der Waals surface area contributed by atoms with Crippen LogP contribution in [0.4, 0.5) is 4.79 Å². The molecule has 150 valence electrons. The Hall–Kier alpha value is -1.30. The molecule has 2 fully saturated rings. The van der Waals surface area contributed by atoms with Gasteiger partial charge in [0.1, 0.15) is 11.2 Å². The minimum Gasteiger partial charge on any atom is -0.460 e. The molecule has 0 radical (unpaired) electrons. The number of carbonyl (C=O) groups excluding carboxylic acids is 2. The SMILES string of the molecule is CC(C)(C)OC(=O)NC1CC(O)CC12CCC(C(=O)OC(C)(C)C)CC2. The normalized spacial score (nSPS) is 32.3. The average Bonchev–Trinajstić information content (AvgIpc) is 2.71. The molecular weight excluding hydrogens is 334 g/mol. The highest BCUT2D eigenvalue weighted by Gasteiger charge is 2.50. The molecule has 0 aromatic heterocycles. The Morgan fingerprint density at radius 1 is 1.00 bits per heavy atom. The number of nitrogens with one attached hydrogen (secondary N) is 1. The second-order valence-electron chi connectivity index (χ2n) is 9.96. The van der Waals surface area contributed by atoms with E-state index in [1.165, 1.54) is 0 Å².